The van der Waals surface area contributed by atoms with Crippen molar-refractivity contribution >= 4 is 23.4 Å². The zero-order chi connectivity index (χ0) is 10.6. The summed E-state index contributed by atoms with van der Waals surface area (Å²) in [7, 11) is 0. The van der Waals surface area contributed by atoms with Crippen LogP contribution in [-0.2, 0) is 6.42 Å². The molecule has 0 bridgehead atoms. The van der Waals surface area contributed by atoms with Gasteiger partial charge in [-0.15, -0.1) is 11.8 Å². The first kappa shape index (κ1) is 11.8. The van der Waals surface area contributed by atoms with E-state index in [1.165, 1.54) is 0 Å². The molecule has 0 fully saturated rings. The summed E-state index contributed by atoms with van der Waals surface area (Å²) < 4.78 is 0. The molecule has 1 aromatic heterocycles. The van der Waals surface area contributed by atoms with Crippen LogP contribution in [0.25, 0.3) is 0 Å². The predicted octanol–water partition coefficient (Wildman–Crippen LogP) is 3.58. The number of rotatable bonds is 4. The highest BCUT2D eigenvalue weighted by molar-refractivity contribution is 7.99. The Labute approximate surface area is 94.5 Å². The lowest BCUT2D eigenvalue weighted by Crippen LogP contribution is -1.98. The topological polar surface area (TPSA) is 25.8 Å². The summed E-state index contributed by atoms with van der Waals surface area (Å²) >= 11 is 7.64. The van der Waals surface area contributed by atoms with E-state index in [0.29, 0.717) is 10.4 Å². The molecule has 0 saturated carbocycles. The number of hydrogen-bond acceptors (Lipinski definition) is 3. The lowest BCUT2D eigenvalue weighted by Gasteiger charge is -2.08. The monoisotopic (exact) mass is 230 g/mol. The quantitative estimate of drug-likeness (QED) is 0.584. The van der Waals surface area contributed by atoms with Crippen LogP contribution in [0.2, 0.25) is 5.15 Å². The normalized spacial score (nSPS) is 12.9. The molecule has 0 aromatic carbocycles. The fourth-order valence-electron chi connectivity index (χ4n) is 0.950. The molecule has 0 N–H and O–H groups in total. The fraction of sp³-hybridized carbons (Fsp3) is 0.600. The molecule has 0 radical (unpaired) electrons. The van der Waals surface area contributed by atoms with Crippen LogP contribution in [0.3, 0.4) is 0 Å². The molecule has 1 unspecified atom stereocenters. The van der Waals surface area contributed by atoms with E-state index in [-0.39, 0.29) is 0 Å². The minimum atomic E-state index is 0.544. The van der Waals surface area contributed by atoms with Crippen molar-refractivity contribution in [3.8, 4) is 0 Å². The van der Waals surface area contributed by atoms with Crippen molar-refractivity contribution in [2.75, 3.05) is 0 Å². The van der Waals surface area contributed by atoms with Gasteiger partial charge < -0.3 is 0 Å². The second kappa shape index (κ2) is 5.56. The van der Waals surface area contributed by atoms with Gasteiger partial charge in [0.25, 0.3) is 0 Å². The van der Waals surface area contributed by atoms with Gasteiger partial charge in [-0.1, -0.05) is 32.4 Å². The van der Waals surface area contributed by atoms with Gasteiger partial charge in [0.05, 0.1) is 0 Å². The smallest absolute Gasteiger partial charge is 0.133 e. The summed E-state index contributed by atoms with van der Waals surface area (Å²) in [5, 5.41) is 2.10. The number of hydrogen-bond donors (Lipinski definition) is 0. The lowest BCUT2D eigenvalue weighted by molar-refractivity contribution is 0.870. The van der Waals surface area contributed by atoms with Gasteiger partial charge in [-0.2, -0.15) is 0 Å². The van der Waals surface area contributed by atoms with Crippen molar-refractivity contribution < 1.29 is 0 Å². The van der Waals surface area contributed by atoms with Gasteiger partial charge in [-0.25, -0.2) is 9.97 Å². The Kier molecular flexibility index (Phi) is 4.69. The Morgan fingerprint density at radius 3 is 2.71 bits per heavy atom. The molecule has 1 aromatic rings. The minimum Gasteiger partial charge on any atom is -0.227 e. The summed E-state index contributed by atoms with van der Waals surface area (Å²) in [6.07, 6.45) is 1.96. The maximum absolute atomic E-state index is 5.89. The Hall–Kier alpha value is -0.280. The number of nitrogens with zero attached hydrogens (tertiary/aromatic N) is 2. The Morgan fingerprint density at radius 1 is 1.43 bits per heavy atom. The number of aryl methyl sites for hydroxylation is 1. The first-order chi connectivity index (χ1) is 6.65. The molecule has 0 spiro atoms. The van der Waals surface area contributed by atoms with Gasteiger partial charge in [0.15, 0.2) is 0 Å². The van der Waals surface area contributed by atoms with Crippen LogP contribution in [-0.4, -0.2) is 15.2 Å². The van der Waals surface area contributed by atoms with Crippen LogP contribution < -0.4 is 0 Å². The predicted molar refractivity (Wildman–Crippen MR) is 62.0 cm³/mol. The van der Waals surface area contributed by atoms with Crippen LogP contribution >= 0.6 is 23.4 Å². The van der Waals surface area contributed by atoms with E-state index in [1.807, 2.05) is 13.0 Å². The highest BCUT2D eigenvalue weighted by Gasteiger charge is 2.06. The third kappa shape index (κ3) is 3.46. The number of aromatic nitrogens is 2. The maximum Gasteiger partial charge on any atom is 0.133 e. The minimum absolute atomic E-state index is 0.544. The van der Waals surface area contributed by atoms with E-state index in [0.717, 1.165) is 23.7 Å². The zero-order valence-electron chi connectivity index (χ0n) is 8.75. The molecule has 1 heterocycles. The fourth-order valence-corrected chi connectivity index (χ4v) is 2.13. The molecule has 0 amide bonds. The number of thioether (sulfide) groups is 1. The molecule has 2 nitrogen and oxygen atoms in total. The highest BCUT2D eigenvalue weighted by Crippen LogP contribution is 2.24. The van der Waals surface area contributed by atoms with Crippen molar-refractivity contribution in [3.05, 3.63) is 17.0 Å². The number of halogens is 1. The van der Waals surface area contributed by atoms with Gasteiger partial charge in [-0.05, 0) is 6.42 Å². The molecule has 0 aliphatic rings. The van der Waals surface area contributed by atoms with Crippen LogP contribution in [0.5, 0.6) is 0 Å². The van der Waals surface area contributed by atoms with Gasteiger partial charge in [0.1, 0.15) is 16.0 Å². The Balaban J connectivity index is 2.81. The lowest BCUT2D eigenvalue weighted by atomic mass is 10.4. The Morgan fingerprint density at radius 2 is 2.14 bits per heavy atom. The maximum atomic E-state index is 5.89. The van der Waals surface area contributed by atoms with E-state index in [4.69, 9.17) is 11.6 Å². The Bertz CT molecular complexity index is 304. The van der Waals surface area contributed by atoms with Crippen LogP contribution in [0, 0.1) is 0 Å². The second-order valence-electron chi connectivity index (χ2n) is 3.14. The van der Waals surface area contributed by atoms with Crippen molar-refractivity contribution in [1.82, 2.24) is 9.97 Å². The van der Waals surface area contributed by atoms with Gasteiger partial charge >= 0.3 is 0 Å². The van der Waals surface area contributed by atoms with Crippen molar-refractivity contribution in [2.45, 2.75) is 43.9 Å². The van der Waals surface area contributed by atoms with E-state index < -0.39 is 0 Å². The molecule has 1 atom stereocenters. The summed E-state index contributed by atoms with van der Waals surface area (Å²) in [5.41, 5.74) is 0. The van der Waals surface area contributed by atoms with E-state index >= 15 is 0 Å². The average molecular weight is 231 g/mol. The highest BCUT2D eigenvalue weighted by atomic mass is 35.5. The summed E-state index contributed by atoms with van der Waals surface area (Å²) in [6.45, 7) is 6.39. The van der Waals surface area contributed by atoms with Crippen molar-refractivity contribution in [3.63, 3.8) is 0 Å². The van der Waals surface area contributed by atoms with E-state index in [9.17, 15) is 0 Å². The largest absolute Gasteiger partial charge is 0.227 e. The summed E-state index contributed by atoms with van der Waals surface area (Å²) in [4.78, 5) is 8.53. The van der Waals surface area contributed by atoms with Gasteiger partial charge in [-0.3, -0.25) is 0 Å². The average Bonchev–Trinajstić information content (AvgIpc) is 2.16. The first-order valence-corrected chi connectivity index (χ1v) is 6.11. The third-order valence-electron chi connectivity index (χ3n) is 1.93. The SMILES string of the molecule is CCc1nc(Cl)cc(SC(C)CC)n1. The third-order valence-corrected chi connectivity index (χ3v) is 3.31. The van der Waals surface area contributed by atoms with Crippen molar-refractivity contribution in [2.24, 2.45) is 0 Å². The summed E-state index contributed by atoms with van der Waals surface area (Å²) in [6, 6.07) is 1.83. The molecule has 4 heteroatoms. The molecule has 0 aliphatic carbocycles. The summed E-state index contributed by atoms with van der Waals surface area (Å²) in [5.74, 6) is 0.823. The van der Waals surface area contributed by atoms with Gasteiger partial charge in [0.2, 0.25) is 0 Å². The molecule has 0 aliphatic heterocycles. The molecule has 1 rings (SSSR count). The van der Waals surface area contributed by atoms with Crippen molar-refractivity contribution in [1.29, 1.82) is 0 Å². The molecular weight excluding hydrogens is 216 g/mol. The van der Waals surface area contributed by atoms with Gasteiger partial charge in [0, 0.05) is 17.7 Å². The zero-order valence-corrected chi connectivity index (χ0v) is 10.3. The standard InChI is InChI=1S/C10H15ClN2S/c1-4-7(3)14-10-6-8(11)12-9(5-2)13-10/h6-7H,4-5H2,1-3H3. The molecular formula is C10H15ClN2S. The first-order valence-electron chi connectivity index (χ1n) is 4.85. The van der Waals surface area contributed by atoms with E-state index in [1.54, 1.807) is 11.8 Å². The van der Waals surface area contributed by atoms with Crippen LogP contribution in [0.4, 0.5) is 0 Å². The second-order valence-corrected chi connectivity index (χ2v) is 4.98. The van der Waals surface area contributed by atoms with Crippen LogP contribution in [0.15, 0.2) is 11.1 Å². The van der Waals surface area contributed by atoms with E-state index in [2.05, 4.69) is 23.8 Å². The molecule has 0 saturated heterocycles. The molecule has 78 valence electrons. The van der Waals surface area contributed by atoms with Crippen LogP contribution in [0.1, 0.15) is 33.0 Å². The molecule has 14 heavy (non-hydrogen) atoms.